The van der Waals surface area contributed by atoms with Gasteiger partial charge in [0.1, 0.15) is 6.04 Å². The first-order chi connectivity index (χ1) is 6.76. The molecule has 4 nitrogen and oxygen atoms in total. The third-order valence-corrected chi connectivity index (χ3v) is 1.90. The molecule has 7 heteroatoms. The number of aliphatic carboxylic acids is 1. The van der Waals surface area contributed by atoms with Gasteiger partial charge in [-0.3, -0.25) is 9.69 Å². The van der Waals surface area contributed by atoms with Gasteiger partial charge in [0.05, 0.1) is 6.54 Å². The molecule has 1 atom stereocenters. The second-order valence-corrected chi connectivity index (χ2v) is 3.32. The van der Waals surface area contributed by atoms with Crippen LogP contribution in [0.15, 0.2) is 0 Å². The van der Waals surface area contributed by atoms with Crippen LogP contribution in [0.4, 0.5) is 13.2 Å². The lowest BCUT2D eigenvalue weighted by atomic mass is 10.2. The van der Waals surface area contributed by atoms with E-state index >= 15 is 0 Å². The van der Waals surface area contributed by atoms with Gasteiger partial charge in [-0.1, -0.05) is 0 Å². The van der Waals surface area contributed by atoms with Gasteiger partial charge in [-0.05, 0) is 20.5 Å². The van der Waals surface area contributed by atoms with Crippen molar-refractivity contribution in [3.63, 3.8) is 0 Å². The first-order valence-electron chi connectivity index (χ1n) is 4.41. The highest BCUT2D eigenvalue weighted by molar-refractivity contribution is 5.73. The monoisotopic (exact) mass is 228 g/mol. The molecule has 0 aliphatic rings. The van der Waals surface area contributed by atoms with E-state index in [-0.39, 0.29) is 13.0 Å². The van der Waals surface area contributed by atoms with Gasteiger partial charge >= 0.3 is 12.1 Å². The topological polar surface area (TPSA) is 52.6 Å². The number of hydrogen-bond acceptors (Lipinski definition) is 3. The van der Waals surface area contributed by atoms with Crippen LogP contribution in [0.3, 0.4) is 0 Å². The molecule has 2 N–H and O–H groups in total. The Labute approximate surface area is 86.1 Å². The SMILES string of the molecule is CNC(CCN(C)CC(F)(F)F)C(=O)O. The summed E-state index contributed by atoms with van der Waals surface area (Å²) in [5, 5.41) is 11.1. The minimum atomic E-state index is -4.24. The molecular weight excluding hydrogens is 213 g/mol. The number of likely N-dealkylation sites (N-methyl/N-ethyl adjacent to an activating group) is 1. The molecule has 0 saturated carbocycles. The summed E-state index contributed by atoms with van der Waals surface area (Å²) in [6.07, 6.45) is -4.11. The van der Waals surface area contributed by atoms with E-state index in [1.54, 1.807) is 0 Å². The molecule has 0 radical (unpaired) electrons. The van der Waals surface area contributed by atoms with Gasteiger partial charge in [0.2, 0.25) is 0 Å². The van der Waals surface area contributed by atoms with Crippen LogP contribution in [0.5, 0.6) is 0 Å². The van der Waals surface area contributed by atoms with E-state index in [2.05, 4.69) is 5.32 Å². The quantitative estimate of drug-likeness (QED) is 0.696. The highest BCUT2D eigenvalue weighted by Gasteiger charge is 2.29. The maximum absolute atomic E-state index is 11.9. The highest BCUT2D eigenvalue weighted by Crippen LogP contribution is 2.15. The van der Waals surface area contributed by atoms with Gasteiger partial charge in [-0.25, -0.2) is 0 Å². The molecule has 0 saturated heterocycles. The summed E-state index contributed by atoms with van der Waals surface area (Å²) in [6, 6.07) is -0.805. The lowest BCUT2D eigenvalue weighted by Gasteiger charge is -2.20. The van der Waals surface area contributed by atoms with Crippen molar-refractivity contribution in [2.45, 2.75) is 18.6 Å². The average Bonchev–Trinajstić information content (AvgIpc) is 2.01. The van der Waals surface area contributed by atoms with Crippen molar-refractivity contribution >= 4 is 5.97 Å². The molecule has 0 spiro atoms. The van der Waals surface area contributed by atoms with Crippen LogP contribution in [0.1, 0.15) is 6.42 Å². The normalized spacial score (nSPS) is 14.3. The predicted molar refractivity (Wildman–Crippen MR) is 48.7 cm³/mol. The third-order valence-electron chi connectivity index (χ3n) is 1.90. The van der Waals surface area contributed by atoms with E-state index in [9.17, 15) is 18.0 Å². The standard InChI is InChI=1S/C8H15F3N2O2/c1-12-6(7(14)15)3-4-13(2)5-8(9,10)11/h6,12H,3-5H2,1-2H3,(H,14,15). The van der Waals surface area contributed by atoms with Crippen molar-refractivity contribution in [3.05, 3.63) is 0 Å². The highest BCUT2D eigenvalue weighted by atomic mass is 19.4. The Kier molecular flexibility index (Phi) is 5.59. The molecule has 1 unspecified atom stereocenters. The number of nitrogens with zero attached hydrogens (tertiary/aromatic N) is 1. The van der Waals surface area contributed by atoms with E-state index in [4.69, 9.17) is 5.11 Å². The minimum Gasteiger partial charge on any atom is -0.480 e. The Balaban J connectivity index is 3.88. The molecule has 0 aliphatic heterocycles. The molecule has 0 aliphatic carbocycles. The van der Waals surface area contributed by atoms with E-state index in [1.807, 2.05) is 0 Å². The second kappa shape index (κ2) is 5.92. The number of carboxylic acid groups (broad SMARTS) is 1. The molecule has 0 aromatic rings. The van der Waals surface area contributed by atoms with E-state index < -0.39 is 24.7 Å². The van der Waals surface area contributed by atoms with E-state index in [0.29, 0.717) is 0 Å². The van der Waals surface area contributed by atoms with Crippen molar-refractivity contribution in [1.29, 1.82) is 0 Å². The number of nitrogens with one attached hydrogen (secondary N) is 1. The third kappa shape index (κ3) is 7.15. The Hall–Kier alpha value is -0.820. The van der Waals surface area contributed by atoms with Crippen LogP contribution in [-0.2, 0) is 4.79 Å². The van der Waals surface area contributed by atoms with Crippen molar-refractivity contribution < 1.29 is 23.1 Å². The van der Waals surface area contributed by atoms with Crippen LogP contribution >= 0.6 is 0 Å². The van der Waals surface area contributed by atoms with Crippen molar-refractivity contribution in [3.8, 4) is 0 Å². The van der Waals surface area contributed by atoms with E-state index in [1.165, 1.54) is 14.1 Å². The van der Waals surface area contributed by atoms with Crippen molar-refractivity contribution in [2.24, 2.45) is 0 Å². The second-order valence-electron chi connectivity index (χ2n) is 3.32. The summed E-state index contributed by atoms with van der Waals surface area (Å²) >= 11 is 0. The van der Waals surface area contributed by atoms with Gasteiger partial charge in [0, 0.05) is 6.54 Å². The molecule has 0 bridgehead atoms. The summed E-state index contributed by atoms with van der Waals surface area (Å²) < 4.78 is 35.7. The average molecular weight is 228 g/mol. The van der Waals surface area contributed by atoms with Crippen molar-refractivity contribution in [1.82, 2.24) is 10.2 Å². The lowest BCUT2D eigenvalue weighted by Crippen LogP contribution is -2.39. The zero-order valence-corrected chi connectivity index (χ0v) is 8.64. The Morgan fingerprint density at radius 3 is 2.40 bits per heavy atom. The fourth-order valence-electron chi connectivity index (χ4n) is 1.13. The summed E-state index contributed by atoms with van der Waals surface area (Å²) in [5.41, 5.74) is 0. The van der Waals surface area contributed by atoms with Gasteiger partial charge in [-0.15, -0.1) is 0 Å². The van der Waals surface area contributed by atoms with Crippen LogP contribution in [0.25, 0.3) is 0 Å². The summed E-state index contributed by atoms with van der Waals surface area (Å²) in [7, 11) is 2.77. The number of carboxylic acids is 1. The molecule has 90 valence electrons. The number of hydrogen-bond donors (Lipinski definition) is 2. The van der Waals surface area contributed by atoms with Gasteiger partial charge in [0.25, 0.3) is 0 Å². The largest absolute Gasteiger partial charge is 0.480 e. The fraction of sp³-hybridized carbons (Fsp3) is 0.875. The molecule has 0 rings (SSSR count). The van der Waals surface area contributed by atoms with Crippen molar-refractivity contribution in [2.75, 3.05) is 27.2 Å². The predicted octanol–water partition coefficient (Wildman–Crippen LogP) is 0.543. The number of carbonyl (C=O) groups is 1. The van der Waals surface area contributed by atoms with Crippen LogP contribution < -0.4 is 5.32 Å². The zero-order chi connectivity index (χ0) is 12.1. The summed E-state index contributed by atoms with van der Waals surface area (Å²) in [5.74, 6) is -1.06. The first-order valence-corrected chi connectivity index (χ1v) is 4.41. The number of rotatable bonds is 6. The molecule has 0 aromatic carbocycles. The Morgan fingerprint density at radius 1 is 1.53 bits per heavy atom. The molecule has 0 fully saturated rings. The summed E-state index contributed by atoms with van der Waals surface area (Å²) in [4.78, 5) is 11.6. The lowest BCUT2D eigenvalue weighted by molar-refractivity contribution is -0.144. The first kappa shape index (κ1) is 14.2. The Morgan fingerprint density at radius 2 is 2.07 bits per heavy atom. The van der Waals surface area contributed by atoms with Crippen LogP contribution in [-0.4, -0.2) is 55.4 Å². The molecule has 0 heterocycles. The zero-order valence-electron chi connectivity index (χ0n) is 8.64. The fourth-order valence-corrected chi connectivity index (χ4v) is 1.13. The molecule has 0 aromatic heterocycles. The molecular formula is C8H15F3N2O2. The van der Waals surface area contributed by atoms with Crippen LogP contribution in [0.2, 0.25) is 0 Å². The number of alkyl halides is 3. The van der Waals surface area contributed by atoms with Crippen LogP contribution in [0, 0.1) is 0 Å². The maximum atomic E-state index is 11.9. The van der Waals surface area contributed by atoms with Gasteiger partial charge in [0.15, 0.2) is 0 Å². The molecule has 0 amide bonds. The van der Waals surface area contributed by atoms with Gasteiger partial charge < -0.3 is 10.4 Å². The Bertz CT molecular complexity index is 209. The summed E-state index contributed by atoms with van der Waals surface area (Å²) in [6.45, 7) is -0.944. The van der Waals surface area contributed by atoms with Gasteiger partial charge in [-0.2, -0.15) is 13.2 Å². The molecule has 15 heavy (non-hydrogen) atoms. The maximum Gasteiger partial charge on any atom is 0.401 e. The smallest absolute Gasteiger partial charge is 0.401 e. The number of halogens is 3. The minimum absolute atomic E-state index is 0.0807. The van der Waals surface area contributed by atoms with E-state index in [0.717, 1.165) is 4.90 Å².